The predicted octanol–water partition coefficient (Wildman–Crippen LogP) is 3.11. The molecule has 2 aromatic rings. The molecule has 3 rings (SSSR count). The van der Waals surface area contributed by atoms with Crippen LogP contribution < -0.4 is 10.5 Å². The first-order valence-electron chi connectivity index (χ1n) is 7.46. The maximum Gasteiger partial charge on any atom is 0.125 e. The number of hydrogen-bond acceptors (Lipinski definition) is 3. The summed E-state index contributed by atoms with van der Waals surface area (Å²) >= 11 is 0. The molecule has 0 amide bonds. The first-order valence-corrected chi connectivity index (χ1v) is 7.46. The van der Waals surface area contributed by atoms with Crippen LogP contribution in [-0.4, -0.2) is 11.7 Å². The summed E-state index contributed by atoms with van der Waals surface area (Å²) in [6.45, 7) is 2.71. The first-order chi connectivity index (χ1) is 10.2. The van der Waals surface area contributed by atoms with Gasteiger partial charge in [0.25, 0.3) is 0 Å². The van der Waals surface area contributed by atoms with Crippen LogP contribution in [0.1, 0.15) is 42.5 Å². The molecular formula is C18H21NO2. The molecule has 110 valence electrons. The largest absolute Gasteiger partial charge is 0.493 e. The summed E-state index contributed by atoms with van der Waals surface area (Å²) in [4.78, 5) is 0. The Morgan fingerprint density at radius 2 is 1.81 bits per heavy atom. The van der Waals surface area contributed by atoms with Crippen molar-refractivity contribution in [2.24, 2.45) is 5.73 Å². The van der Waals surface area contributed by atoms with Crippen LogP contribution in [0.2, 0.25) is 0 Å². The van der Waals surface area contributed by atoms with Crippen LogP contribution >= 0.6 is 0 Å². The van der Waals surface area contributed by atoms with Crippen LogP contribution in [0, 0.1) is 0 Å². The maximum atomic E-state index is 11.3. The highest BCUT2D eigenvalue weighted by molar-refractivity contribution is 5.51. The molecule has 21 heavy (non-hydrogen) atoms. The van der Waals surface area contributed by atoms with E-state index < -0.39 is 5.60 Å². The van der Waals surface area contributed by atoms with Gasteiger partial charge in [-0.2, -0.15) is 0 Å². The van der Waals surface area contributed by atoms with Crippen molar-refractivity contribution in [2.75, 3.05) is 6.61 Å². The second-order valence-corrected chi connectivity index (χ2v) is 5.60. The molecule has 0 saturated heterocycles. The molecule has 1 aliphatic rings. The van der Waals surface area contributed by atoms with Crippen LogP contribution in [0.3, 0.4) is 0 Å². The highest BCUT2D eigenvalue weighted by atomic mass is 16.5. The average Bonchev–Trinajstić information content (AvgIpc) is 2.78. The van der Waals surface area contributed by atoms with E-state index in [1.54, 1.807) is 0 Å². The summed E-state index contributed by atoms with van der Waals surface area (Å²) in [7, 11) is 0. The molecule has 0 aromatic heterocycles. The van der Waals surface area contributed by atoms with Crippen molar-refractivity contribution in [1.82, 2.24) is 0 Å². The lowest BCUT2D eigenvalue weighted by atomic mass is 9.87. The second-order valence-electron chi connectivity index (χ2n) is 5.60. The minimum absolute atomic E-state index is 0.148. The van der Waals surface area contributed by atoms with E-state index in [1.165, 1.54) is 0 Å². The third kappa shape index (κ3) is 2.33. The van der Waals surface area contributed by atoms with Crippen LogP contribution in [0.25, 0.3) is 0 Å². The van der Waals surface area contributed by atoms with Gasteiger partial charge in [-0.25, -0.2) is 0 Å². The van der Waals surface area contributed by atoms with Crippen molar-refractivity contribution in [3.8, 4) is 5.75 Å². The molecule has 3 heteroatoms. The van der Waals surface area contributed by atoms with Gasteiger partial charge in [-0.15, -0.1) is 0 Å². The Bertz CT molecular complexity index is 641. The molecule has 0 aliphatic heterocycles. The quantitative estimate of drug-likeness (QED) is 0.906. The standard InChI is InChI=1S/C18H21NO2/c1-2-11-21-17-10-6-5-9-15(17)18(20)12-16(19)13-7-3-4-8-14(13)18/h3-10,16,20H,2,11-12,19H2,1H3. The number of hydrogen-bond donors (Lipinski definition) is 2. The molecule has 3 N–H and O–H groups in total. The molecule has 2 atom stereocenters. The Kier molecular flexibility index (Phi) is 3.70. The number of aliphatic hydroxyl groups is 1. The van der Waals surface area contributed by atoms with Crippen LogP contribution in [-0.2, 0) is 5.60 Å². The molecule has 3 nitrogen and oxygen atoms in total. The Morgan fingerprint density at radius 1 is 1.14 bits per heavy atom. The molecular weight excluding hydrogens is 262 g/mol. The van der Waals surface area contributed by atoms with Crippen LogP contribution in [0.15, 0.2) is 48.5 Å². The predicted molar refractivity (Wildman–Crippen MR) is 83.2 cm³/mol. The third-order valence-electron chi connectivity index (χ3n) is 4.12. The average molecular weight is 283 g/mol. The van der Waals surface area contributed by atoms with Gasteiger partial charge in [0.2, 0.25) is 0 Å². The van der Waals surface area contributed by atoms with Gasteiger partial charge in [0.1, 0.15) is 11.4 Å². The van der Waals surface area contributed by atoms with Gasteiger partial charge in [0.15, 0.2) is 0 Å². The topological polar surface area (TPSA) is 55.5 Å². The van der Waals surface area contributed by atoms with Gasteiger partial charge in [-0.05, 0) is 23.6 Å². The number of fused-ring (bicyclic) bond motifs is 1. The molecule has 0 heterocycles. The molecule has 0 spiro atoms. The van der Waals surface area contributed by atoms with E-state index in [2.05, 4.69) is 6.92 Å². The van der Waals surface area contributed by atoms with Crippen molar-refractivity contribution >= 4 is 0 Å². The molecule has 0 radical (unpaired) electrons. The highest BCUT2D eigenvalue weighted by Crippen LogP contribution is 2.48. The molecule has 0 fully saturated rings. The van der Waals surface area contributed by atoms with Crippen molar-refractivity contribution in [2.45, 2.75) is 31.4 Å². The lowest BCUT2D eigenvalue weighted by Crippen LogP contribution is -2.26. The molecule has 0 bridgehead atoms. The Labute approximate surface area is 125 Å². The Morgan fingerprint density at radius 3 is 2.57 bits per heavy atom. The van der Waals surface area contributed by atoms with Gasteiger partial charge in [-0.3, -0.25) is 0 Å². The number of nitrogens with two attached hydrogens (primary N) is 1. The second kappa shape index (κ2) is 5.51. The fourth-order valence-corrected chi connectivity index (χ4v) is 3.14. The van der Waals surface area contributed by atoms with Crippen molar-refractivity contribution in [3.05, 3.63) is 65.2 Å². The number of para-hydroxylation sites is 1. The molecule has 2 aromatic carbocycles. The smallest absolute Gasteiger partial charge is 0.125 e. The number of benzene rings is 2. The SMILES string of the molecule is CCCOc1ccccc1C1(O)CC(N)c2ccccc21. The van der Waals surface area contributed by atoms with Gasteiger partial charge in [-0.1, -0.05) is 49.4 Å². The van der Waals surface area contributed by atoms with E-state index >= 15 is 0 Å². The number of rotatable bonds is 4. The highest BCUT2D eigenvalue weighted by Gasteiger charge is 2.43. The van der Waals surface area contributed by atoms with E-state index in [1.807, 2.05) is 48.5 Å². The van der Waals surface area contributed by atoms with Crippen LogP contribution in [0.4, 0.5) is 0 Å². The molecule has 0 saturated carbocycles. The first kappa shape index (κ1) is 14.1. The fraction of sp³-hybridized carbons (Fsp3) is 0.333. The zero-order valence-electron chi connectivity index (χ0n) is 12.3. The van der Waals surface area contributed by atoms with Crippen molar-refractivity contribution < 1.29 is 9.84 Å². The summed E-state index contributed by atoms with van der Waals surface area (Å²) in [5.41, 5.74) is 7.86. The lowest BCUT2D eigenvalue weighted by molar-refractivity contribution is 0.0739. The third-order valence-corrected chi connectivity index (χ3v) is 4.12. The Hall–Kier alpha value is -1.84. The van der Waals surface area contributed by atoms with E-state index in [-0.39, 0.29) is 6.04 Å². The summed E-state index contributed by atoms with van der Waals surface area (Å²) in [5.74, 6) is 0.741. The number of ether oxygens (including phenoxy) is 1. The normalized spacial score (nSPS) is 23.9. The molecule has 2 unspecified atom stereocenters. The van der Waals surface area contributed by atoms with Crippen molar-refractivity contribution in [3.63, 3.8) is 0 Å². The summed E-state index contributed by atoms with van der Waals surface area (Å²) in [6.07, 6.45) is 1.42. The van der Waals surface area contributed by atoms with Gasteiger partial charge < -0.3 is 15.6 Å². The van der Waals surface area contributed by atoms with E-state index in [0.717, 1.165) is 28.9 Å². The maximum absolute atomic E-state index is 11.3. The van der Waals surface area contributed by atoms with Gasteiger partial charge in [0, 0.05) is 18.0 Å². The zero-order valence-corrected chi connectivity index (χ0v) is 12.3. The summed E-state index contributed by atoms with van der Waals surface area (Å²) in [5, 5.41) is 11.3. The summed E-state index contributed by atoms with van der Waals surface area (Å²) < 4.78 is 5.81. The minimum Gasteiger partial charge on any atom is -0.493 e. The monoisotopic (exact) mass is 283 g/mol. The fourth-order valence-electron chi connectivity index (χ4n) is 3.14. The van der Waals surface area contributed by atoms with E-state index in [0.29, 0.717) is 13.0 Å². The zero-order chi connectivity index (χ0) is 14.9. The minimum atomic E-state index is -1.07. The van der Waals surface area contributed by atoms with Gasteiger partial charge >= 0.3 is 0 Å². The molecule has 1 aliphatic carbocycles. The lowest BCUT2D eigenvalue weighted by Gasteiger charge is -2.27. The van der Waals surface area contributed by atoms with E-state index in [4.69, 9.17) is 10.5 Å². The van der Waals surface area contributed by atoms with E-state index in [9.17, 15) is 5.11 Å². The summed E-state index contributed by atoms with van der Waals surface area (Å²) in [6, 6.07) is 15.4. The Balaban J connectivity index is 2.08. The van der Waals surface area contributed by atoms with Crippen LogP contribution in [0.5, 0.6) is 5.75 Å². The van der Waals surface area contributed by atoms with Crippen molar-refractivity contribution in [1.29, 1.82) is 0 Å². The van der Waals surface area contributed by atoms with Gasteiger partial charge in [0.05, 0.1) is 6.61 Å².